The number of rotatable bonds is 9. The molecule has 7 heteroatoms. The fraction of sp³-hybridized carbons (Fsp3) is 0.417. The summed E-state index contributed by atoms with van der Waals surface area (Å²) in [6, 6.07) is 14.3. The predicted molar refractivity (Wildman–Crippen MR) is 124 cm³/mol. The third-order valence-corrected chi connectivity index (χ3v) is 5.89. The molecule has 166 valence electrons. The smallest absolute Gasteiger partial charge is 0.321 e. The van der Waals surface area contributed by atoms with Gasteiger partial charge in [0.25, 0.3) is 0 Å². The monoisotopic (exact) mass is 462 g/mol. The highest BCUT2D eigenvalue weighted by atomic mass is 35.5. The minimum atomic E-state index is -0.885. The zero-order valence-corrected chi connectivity index (χ0v) is 19.7. The lowest BCUT2D eigenvalue weighted by Gasteiger charge is -2.39. The van der Waals surface area contributed by atoms with Gasteiger partial charge in [-0.05, 0) is 54.3 Å². The second-order valence-electron chi connectivity index (χ2n) is 8.67. The number of hydrogen-bond acceptors (Lipinski definition) is 4. The summed E-state index contributed by atoms with van der Waals surface area (Å²) < 4.78 is 5.81. The molecule has 2 atom stereocenters. The second kappa shape index (κ2) is 10.9. The van der Waals surface area contributed by atoms with E-state index in [0.717, 1.165) is 11.1 Å². The van der Waals surface area contributed by atoms with Crippen LogP contribution in [0.15, 0.2) is 42.5 Å². The fourth-order valence-electron chi connectivity index (χ4n) is 3.62. The highest BCUT2D eigenvalue weighted by molar-refractivity contribution is 6.42. The Labute approximate surface area is 194 Å². The van der Waals surface area contributed by atoms with Crippen LogP contribution in [0, 0.1) is 16.7 Å². The molecule has 0 aliphatic rings. The lowest BCUT2D eigenvalue weighted by Crippen LogP contribution is -2.52. The highest BCUT2D eigenvalue weighted by Crippen LogP contribution is 2.28. The van der Waals surface area contributed by atoms with Gasteiger partial charge in [0.15, 0.2) is 0 Å². The Morgan fingerprint density at radius 3 is 2.26 bits per heavy atom. The maximum absolute atomic E-state index is 11.9. The van der Waals surface area contributed by atoms with E-state index in [0.29, 0.717) is 28.8 Å². The van der Waals surface area contributed by atoms with Crippen LogP contribution in [-0.4, -0.2) is 35.1 Å². The summed E-state index contributed by atoms with van der Waals surface area (Å²) in [6.45, 7) is 6.05. The number of nitrogens with zero attached hydrogens (tertiary/aromatic N) is 2. The van der Waals surface area contributed by atoms with Crippen LogP contribution in [-0.2, 0) is 17.8 Å². The van der Waals surface area contributed by atoms with Gasteiger partial charge in [-0.25, -0.2) is 0 Å². The molecule has 0 spiro atoms. The molecule has 0 saturated carbocycles. The van der Waals surface area contributed by atoms with Crippen molar-refractivity contribution in [3.05, 3.63) is 63.6 Å². The average Bonchev–Trinajstić information content (AvgIpc) is 2.68. The van der Waals surface area contributed by atoms with Crippen molar-refractivity contribution >= 4 is 29.2 Å². The van der Waals surface area contributed by atoms with Crippen molar-refractivity contribution in [2.24, 2.45) is 5.41 Å². The van der Waals surface area contributed by atoms with E-state index < -0.39 is 17.4 Å². The second-order valence-corrected chi connectivity index (χ2v) is 9.49. The molecule has 31 heavy (non-hydrogen) atoms. The molecule has 1 N–H and O–H groups in total. The summed E-state index contributed by atoms with van der Waals surface area (Å²) >= 11 is 12.0. The first-order valence-electron chi connectivity index (χ1n) is 10.00. The van der Waals surface area contributed by atoms with E-state index in [4.69, 9.17) is 27.9 Å². The van der Waals surface area contributed by atoms with Gasteiger partial charge < -0.3 is 9.84 Å². The lowest BCUT2D eigenvalue weighted by atomic mass is 9.84. The topological polar surface area (TPSA) is 73.6 Å². The number of ether oxygens (including phenoxy) is 1. The Morgan fingerprint density at radius 2 is 1.74 bits per heavy atom. The summed E-state index contributed by atoms with van der Waals surface area (Å²) in [7, 11) is 1.78. The summed E-state index contributed by atoms with van der Waals surface area (Å²) in [5.41, 5.74) is 1.46. The van der Waals surface area contributed by atoms with Crippen molar-refractivity contribution in [2.75, 3.05) is 7.05 Å². The molecule has 0 aliphatic carbocycles. The summed E-state index contributed by atoms with van der Waals surface area (Å²) in [4.78, 5) is 13.7. The maximum atomic E-state index is 11.9. The number of likely N-dealkylation sites (N-methyl/N-ethyl adjacent to an activating group) is 1. The van der Waals surface area contributed by atoms with Gasteiger partial charge in [0.1, 0.15) is 18.4 Å². The van der Waals surface area contributed by atoms with E-state index in [-0.39, 0.29) is 12.5 Å². The Hall–Kier alpha value is -2.26. The fourth-order valence-corrected chi connectivity index (χ4v) is 3.94. The Balaban J connectivity index is 2.06. The van der Waals surface area contributed by atoms with Crippen molar-refractivity contribution < 1.29 is 14.6 Å². The molecular formula is C24H28Cl2N2O3. The van der Waals surface area contributed by atoms with Crippen molar-refractivity contribution in [1.29, 1.82) is 5.26 Å². The molecule has 0 bridgehead atoms. The third-order valence-electron chi connectivity index (χ3n) is 5.15. The minimum Gasteiger partial charge on any atom is -0.489 e. The minimum absolute atomic E-state index is 0.215. The van der Waals surface area contributed by atoms with E-state index in [9.17, 15) is 15.2 Å². The van der Waals surface area contributed by atoms with E-state index in [1.165, 1.54) is 0 Å². The molecule has 0 amide bonds. The Bertz CT molecular complexity index is 933. The molecule has 5 nitrogen and oxygen atoms in total. The maximum Gasteiger partial charge on any atom is 0.321 e. The van der Waals surface area contributed by atoms with E-state index in [2.05, 4.69) is 6.07 Å². The number of carboxylic acids is 1. The van der Waals surface area contributed by atoms with Gasteiger partial charge in [-0.15, -0.1) is 0 Å². The first-order valence-corrected chi connectivity index (χ1v) is 10.8. The quantitative estimate of drug-likeness (QED) is 0.507. The van der Waals surface area contributed by atoms with Crippen molar-refractivity contribution in [1.82, 2.24) is 4.90 Å². The molecule has 0 heterocycles. The average molecular weight is 463 g/mol. The third kappa shape index (κ3) is 7.14. The van der Waals surface area contributed by atoms with Crippen molar-refractivity contribution in [2.45, 2.75) is 52.3 Å². The van der Waals surface area contributed by atoms with Crippen molar-refractivity contribution in [3.8, 4) is 11.8 Å². The largest absolute Gasteiger partial charge is 0.489 e. The number of benzene rings is 2. The van der Waals surface area contributed by atoms with E-state index in [1.54, 1.807) is 24.1 Å². The number of carbonyl (C=O) groups is 1. The molecule has 0 fully saturated rings. The zero-order chi connectivity index (χ0) is 23.2. The molecule has 0 aliphatic heterocycles. The molecule has 0 radical (unpaired) electrons. The standard InChI is InChI=1S/C24H28Cl2N2O3/c1-24(2,3)22(23(29)30)28(4)18(11-12-27)13-16-5-8-19(9-6-16)31-15-17-7-10-20(25)21(26)14-17/h5-10,14,18,22H,11,13,15H2,1-4H3,(H,29,30)/t18?,22-/m1/s1. The summed E-state index contributed by atoms with van der Waals surface area (Å²) in [6.07, 6.45) is 0.808. The van der Waals surface area contributed by atoms with Crippen LogP contribution < -0.4 is 4.74 Å². The van der Waals surface area contributed by atoms with Crippen LogP contribution in [0.5, 0.6) is 5.75 Å². The number of aliphatic carboxylic acids is 1. The van der Waals surface area contributed by atoms with E-state index in [1.807, 2.05) is 51.1 Å². The van der Waals surface area contributed by atoms with Crippen LogP contribution in [0.4, 0.5) is 0 Å². The van der Waals surface area contributed by atoms with Gasteiger partial charge in [0.2, 0.25) is 0 Å². The van der Waals surface area contributed by atoms with Gasteiger partial charge in [-0.2, -0.15) is 5.26 Å². The van der Waals surface area contributed by atoms with Crippen LogP contribution in [0.2, 0.25) is 10.0 Å². The first kappa shape index (κ1) is 25.0. The Morgan fingerprint density at radius 1 is 1.13 bits per heavy atom. The zero-order valence-electron chi connectivity index (χ0n) is 18.2. The van der Waals surface area contributed by atoms with Crippen LogP contribution in [0.1, 0.15) is 38.3 Å². The molecule has 2 rings (SSSR count). The lowest BCUT2D eigenvalue weighted by molar-refractivity contribution is -0.148. The number of hydrogen-bond donors (Lipinski definition) is 1. The van der Waals surface area contributed by atoms with Gasteiger partial charge in [0.05, 0.1) is 22.5 Å². The molecule has 0 saturated heterocycles. The van der Waals surface area contributed by atoms with Gasteiger partial charge >= 0.3 is 5.97 Å². The first-order chi connectivity index (χ1) is 14.5. The van der Waals surface area contributed by atoms with Crippen LogP contribution >= 0.6 is 23.2 Å². The molecular weight excluding hydrogens is 435 g/mol. The van der Waals surface area contributed by atoms with E-state index >= 15 is 0 Å². The number of carboxylic acid groups (broad SMARTS) is 1. The van der Waals surface area contributed by atoms with Crippen molar-refractivity contribution in [3.63, 3.8) is 0 Å². The predicted octanol–water partition coefficient (Wildman–Crippen LogP) is 5.83. The Kier molecular flexibility index (Phi) is 8.76. The normalized spacial score (nSPS) is 13.5. The molecule has 0 aromatic heterocycles. The van der Waals surface area contributed by atoms with Gasteiger partial charge in [0, 0.05) is 6.04 Å². The summed E-state index contributed by atoms with van der Waals surface area (Å²) in [5.74, 6) is -0.179. The summed E-state index contributed by atoms with van der Waals surface area (Å²) in [5, 5.41) is 20.0. The number of nitriles is 1. The SMILES string of the molecule is CN(C(CC#N)Cc1ccc(OCc2ccc(Cl)c(Cl)c2)cc1)[C@H](C(=O)O)C(C)(C)C. The molecule has 2 aromatic rings. The van der Waals surface area contributed by atoms with Crippen LogP contribution in [0.25, 0.3) is 0 Å². The van der Waals surface area contributed by atoms with Crippen LogP contribution in [0.3, 0.4) is 0 Å². The molecule has 1 unspecified atom stereocenters. The highest BCUT2D eigenvalue weighted by Gasteiger charge is 2.37. The molecule has 2 aromatic carbocycles. The van der Waals surface area contributed by atoms with Gasteiger partial charge in [-0.3, -0.25) is 9.69 Å². The number of halogens is 2. The van der Waals surface area contributed by atoms with Gasteiger partial charge in [-0.1, -0.05) is 62.2 Å².